The van der Waals surface area contributed by atoms with Crippen LogP contribution in [0.4, 0.5) is 0 Å². The maximum atomic E-state index is 12.6. The molecule has 41 heavy (non-hydrogen) atoms. The van der Waals surface area contributed by atoms with Gasteiger partial charge in [-0.05, 0) is 71.0 Å². The highest BCUT2D eigenvalue weighted by molar-refractivity contribution is 6.17. The smallest absolute Gasteiger partial charge is 0.306 e. The summed E-state index contributed by atoms with van der Waals surface area (Å²) < 4.78 is 6.02. The Bertz CT molecular complexity index is 499. The molecule has 0 aliphatic carbocycles. The highest BCUT2D eigenvalue weighted by Crippen LogP contribution is 2.18. The van der Waals surface area contributed by atoms with Crippen molar-refractivity contribution in [3.05, 3.63) is 0 Å². The second-order valence-electron chi connectivity index (χ2n) is 12.7. The number of carbonyl (C=O) groups is 1. The summed E-state index contributed by atoms with van der Waals surface area (Å²) >= 11 is 5.99. The second kappa shape index (κ2) is 34.2. The zero-order valence-corrected chi connectivity index (χ0v) is 29.1. The first-order valence-corrected chi connectivity index (χ1v) is 19.2. The van der Waals surface area contributed by atoms with Gasteiger partial charge in [0.1, 0.15) is 6.10 Å². The maximum Gasteiger partial charge on any atom is 0.306 e. The number of alkyl halides is 1. The lowest BCUT2D eigenvalue weighted by molar-refractivity contribution is -0.150. The third-order valence-corrected chi connectivity index (χ3v) is 8.87. The fraction of sp³-hybridized carbons (Fsp3) is 0.973. The molecule has 246 valence electrons. The molecule has 0 unspecified atom stereocenters. The first kappa shape index (κ1) is 40.7. The predicted molar refractivity (Wildman–Crippen MR) is 183 cm³/mol. The standard InChI is InChI=1S/C37H74ClNO2/c1-4-7-10-13-16-21-26-33-39(35-28-32-38)34-27-22-17-20-25-31-37(40)41-36(29-23-18-14-11-8-5-2)30-24-19-15-12-9-6-3/h36H,4-35H2,1-3H3. The minimum Gasteiger partial charge on any atom is -0.462 e. The van der Waals surface area contributed by atoms with Gasteiger partial charge in [0, 0.05) is 12.3 Å². The third kappa shape index (κ3) is 31.0. The monoisotopic (exact) mass is 600 g/mol. The lowest BCUT2D eigenvalue weighted by atomic mass is 10.0. The molecule has 0 amide bonds. The lowest BCUT2D eigenvalue weighted by Gasteiger charge is -2.22. The number of halogens is 1. The number of hydrogen-bond donors (Lipinski definition) is 0. The van der Waals surface area contributed by atoms with Crippen molar-refractivity contribution in [2.24, 2.45) is 0 Å². The summed E-state index contributed by atoms with van der Waals surface area (Å²) in [4.78, 5) is 15.3. The van der Waals surface area contributed by atoms with Crippen LogP contribution in [-0.4, -0.2) is 42.5 Å². The van der Waals surface area contributed by atoms with Crippen LogP contribution in [0.15, 0.2) is 0 Å². The summed E-state index contributed by atoms with van der Waals surface area (Å²) in [5, 5.41) is 0. The van der Waals surface area contributed by atoms with E-state index in [1.165, 1.54) is 154 Å². The van der Waals surface area contributed by atoms with Crippen LogP contribution in [0.1, 0.15) is 201 Å². The van der Waals surface area contributed by atoms with Gasteiger partial charge in [-0.15, -0.1) is 11.6 Å². The molecule has 0 atom stereocenters. The van der Waals surface area contributed by atoms with Crippen LogP contribution in [0.25, 0.3) is 0 Å². The predicted octanol–water partition coefficient (Wildman–Crippen LogP) is 12.4. The molecule has 3 nitrogen and oxygen atoms in total. The third-order valence-electron chi connectivity index (χ3n) is 8.60. The van der Waals surface area contributed by atoms with Crippen LogP contribution in [0, 0.1) is 0 Å². The van der Waals surface area contributed by atoms with Gasteiger partial charge in [-0.25, -0.2) is 0 Å². The Hall–Kier alpha value is -0.280. The Morgan fingerprint density at radius 3 is 1.32 bits per heavy atom. The van der Waals surface area contributed by atoms with Gasteiger partial charge in [0.2, 0.25) is 0 Å². The SMILES string of the molecule is CCCCCCCCCN(CCCCl)CCCCCCCC(=O)OC(CCCCCCCC)CCCCCCCC. The molecule has 0 spiro atoms. The molecule has 0 saturated carbocycles. The number of esters is 1. The normalized spacial score (nSPS) is 11.7. The van der Waals surface area contributed by atoms with Gasteiger partial charge in [0.05, 0.1) is 0 Å². The van der Waals surface area contributed by atoms with Crippen molar-refractivity contribution in [2.45, 2.75) is 207 Å². The van der Waals surface area contributed by atoms with Crippen molar-refractivity contribution < 1.29 is 9.53 Å². The van der Waals surface area contributed by atoms with E-state index in [0.717, 1.165) is 44.5 Å². The molecule has 0 aliphatic heterocycles. The van der Waals surface area contributed by atoms with Crippen molar-refractivity contribution in [1.29, 1.82) is 0 Å². The Kier molecular flexibility index (Phi) is 34.0. The first-order chi connectivity index (χ1) is 20.2. The average molecular weight is 600 g/mol. The summed E-state index contributed by atoms with van der Waals surface area (Å²) in [7, 11) is 0. The molecule has 0 heterocycles. The first-order valence-electron chi connectivity index (χ1n) is 18.7. The molecule has 0 bridgehead atoms. The van der Waals surface area contributed by atoms with Gasteiger partial charge in [-0.1, -0.05) is 143 Å². The largest absolute Gasteiger partial charge is 0.462 e. The van der Waals surface area contributed by atoms with Crippen LogP contribution in [0.3, 0.4) is 0 Å². The van der Waals surface area contributed by atoms with Gasteiger partial charge in [-0.3, -0.25) is 4.79 Å². The molecule has 0 saturated heterocycles. The molecule has 4 heteroatoms. The van der Waals surface area contributed by atoms with Gasteiger partial charge in [0.25, 0.3) is 0 Å². The van der Waals surface area contributed by atoms with Crippen LogP contribution in [-0.2, 0) is 9.53 Å². The van der Waals surface area contributed by atoms with Crippen LogP contribution >= 0.6 is 11.6 Å². The minimum absolute atomic E-state index is 0.0499. The molecule has 0 rings (SSSR count). The number of hydrogen-bond acceptors (Lipinski definition) is 3. The molecule has 0 aliphatic rings. The van der Waals surface area contributed by atoms with Gasteiger partial charge in [-0.2, -0.15) is 0 Å². The van der Waals surface area contributed by atoms with E-state index in [9.17, 15) is 4.79 Å². The van der Waals surface area contributed by atoms with Gasteiger partial charge >= 0.3 is 5.97 Å². The van der Waals surface area contributed by atoms with E-state index in [2.05, 4.69) is 25.7 Å². The van der Waals surface area contributed by atoms with E-state index in [-0.39, 0.29) is 12.1 Å². The Labute approximate surface area is 263 Å². The Morgan fingerprint density at radius 1 is 0.512 bits per heavy atom. The zero-order chi connectivity index (χ0) is 30.1. The van der Waals surface area contributed by atoms with E-state index >= 15 is 0 Å². The number of carbonyl (C=O) groups excluding carboxylic acids is 1. The van der Waals surface area contributed by atoms with Gasteiger partial charge in [0.15, 0.2) is 0 Å². The maximum absolute atomic E-state index is 12.6. The molecule has 0 aromatic carbocycles. The molecule has 0 aromatic heterocycles. The fourth-order valence-electron chi connectivity index (χ4n) is 5.86. The molecular weight excluding hydrogens is 526 g/mol. The minimum atomic E-state index is 0.0499. The van der Waals surface area contributed by atoms with E-state index in [1.807, 2.05) is 0 Å². The van der Waals surface area contributed by atoms with Crippen molar-refractivity contribution in [3.63, 3.8) is 0 Å². The van der Waals surface area contributed by atoms with E-state index in [1.54, 1.807) is 0 Å². The van der Waals surface area contributed by atoms with E-state index in [0.29, 0.717) is 6.42 Å². The second-order valence-corrected chi connectivity index (χ2v) is 13.1. The summed E-state index contributed by atoms with van der Waals surface area (Å²) in [6.45, 7) is 10.4. The van der Waals surface area contributed by atoms with E-state index in [4.69, 9.17) is 16.3 Å². The summed E-state index contributed by atoms with van der Waals surface area (Å²) in [6.07, 6.45) is 35.1. The van der Waals surface area contributed by atoms with Crippen LogP contribution in [0.5, 0.6) is 0 Å². The van der Waals surface area contributed by atoms with Crippen molar-refractivity contribution >= 4 is 17.6 Å². The van der Waals surface area contributed by atoms with Crippen molar-refractivity contribution in [1.82, 2.24) is 4.90 Å². The number of nitrogens with zero attached hydrogens (tertiary/aromatic N) is 1. The highest BCUT2D eigenvalue weighted by atomic mass is 35.5. The van der Waals surface area contributed by atoms with Crippen molar-refractivity contribution in [2.75, 3.05) is 25.5 Å². The number of rotatable bonds is 34. The lowest BCUT2D eigenvalue weighted by Crippen LogP contribution is -2.27. The quantitative estimate of drug-likeness (QED) is 0.0418. The Morgan fingerprint density at radius 2 is 0.878 bits per heavy atom. The van der Waals surface area contributed by atoms with Gasteiger partial charge < -0.3 is 9.64 Å². The summed E-state index contributed by atoms with van der Waals surface area (Å²) in [5.41, 5.74) is 0. The number of ether oxygens (including phenoxy) is 1. The average Bonchev–Trinajstić information content (AvgIpc) is 2.97. The topological polar surface area (TPSA) is 29.5 Å². The van der Waals surface area contributed by atoms with E-state index < -0.39 is 0 Å². The summed E-state index contributed by atoms with van der Waals surface area (Å²) in [5.74, 6) is 0.816. The molecule has 0 aromatic rings. The fourth-order valence-corrected chi connectivity index (χ4v) is 5.98. The zero-order valence-electron chi connectivity index (χ0n) is 28.3. The Balaban J connectivity index is 4.09. The molecular formula is C37H74ClNO2. The number of unbranched alkanes of at least 4 members (excludes halogenated alkanes) is 20. The molecule has 0 radical (unpaired) electrons. The molecule has 0 N–H and O–H groups in total. The highest BCUT2D eigenvalue weighted by Gasteiger charge is 2.14. The molecule has 0 fully saturated rings. The van der Waals surface area contributed by atoms with Crippen LogP contribution in [0.2, 0.25) is 0 Å². The summed E-state index contributed by atoms with van der Waals surface area (Å²) in [6, 6.07) is 0. The van der Waals surface area contributed by atoms with Crippen molar-refractivity contribution in [3.8, 4) is 0 Å². The van der Waals surface area contributed by atoms with Crippen LogP contribution < -0.4 is 0 Å².